The van der Waals surface area contributed by atoms with Crippen molar-refractivity contribution in [3.05, 3.63) is 54.1 Å². The van der Waals surface area contributed by atoms with Crippen molar-refractivity contribution in [2.24, 2.45) is 17.8 Å². The van der Waals surface area contributed by atoms with Gasteiger partial charge in [-0.2, -0.15) is 0 Å². The van der Waals surface area contributed by atoms with E-state index < -0.39 is 0 Å². The van der Waals surface area contributed by atoms with Crippen molar-refractivity contribution in [2.75, 3.05) is 6.54 Å². The molecule has 1 nitrogen and oxygen atoms in total. The van der Waals surface area contributed by atoms with Gasteiger partial charge in [0.25, 0.3) is 0 Å². The van der Waals surface area contributed by atoms with Crippen LogP contribution in [0.25, 0.3) is 5.70 Å². The van der Waals surface area contributed by atoms with Crippen LogP contribution in [0.15, 0.2) is 43.0 Å². The van der Waals surface area contributed by atoms with Crippen molar-refractivity contribution in [2.45, 2.75) is 47.5 Å². The lowest BCUT2D eigenvalue weighted by atomic mass is 9.81. The molecule has 0 saturated heterocycles. The Morgan fingerprint density at radius 2 is 1.91 bits per heavy atom. The average Bonchev–Trinajstić information content (AvgIpc) is 2.46. The molecule has 0 radical (unpaired) electrons. The minimum Gasteiger partial charge on any atom is -0.385 e. The number of hydrogen-bond donors (Lipinski definition) is 1. The van der Waals surface area contributed by atoms with E-state index >= 15 is 0 Å². The molecule has 0 aliphatic carbocycles. The van der Waals surface area contributed by atoms with Gasteiger partial charge in [-0.15, -0.1) is 0 Å². The van der Waals surface area contributed by atoms with Crippen LogP contribution in [0.5, 0.6) is 0 Å². The molecule has 22 heavy (non-hydrogen) atoms. The summed E-state index contributed by atoms with van der Waals surface area (Å²) in [5, 5.41) is 3.54. The minimum atomic E-state index is 0.610. The van der Waals surface area contributed by atoms with Gasteiger partial charge in [0, 0.05) is 12.2 Å². The molecular formula is C21H33N. The summed E-state index contributed by atoms with van der Waals surface area (Å²) in [6.07, 6.45) is 2.39. The van der Waals surface area contributed by atoms with Gasteiger partial charge in [-0.25, -0.2) is 0 Å². The average molecular weight is 300 g/mol. The molecule has 122 valence electrons. The van der Waals surface area contributed by atoms with Crippen molar-refractivity contribution in [3.63, 3.8) is 0 Å². The molecule has 0 aliphatic rings. The first-order valence-electron chi connectivity index (χ1n) is 8.50. The number of nitrogens with one attached hydrogen (secondary N) is 1. The van der Waals surface area contributed by atoms with E-state index in [1.54, 1.807) is 0 Å². The molecular weight excluding hydrogens is 266 g/mol. The fourth-order valence-electron chi connectivity index (χ4n) is 3.00. The lowest BCUT2D eigenvalue weighted by Crippen LogP contribution is -2.25. The lowest BCUT2D eigenvalue weighted by molar-refractivity contribution is 0.327. The van der Waals surface area contributed by atoms with Crippen molar-refractivity contribution in [1.82, 2.24) is 5.32 Å². The molecule has 0 heterocycles. The zero-order valence-corrected chi connectivity index (χ0v) is 15.1. The quantitative estimate of drug-likeness (QED) is 0.566. The lowest BCUT2D eigenvalue weighted by Gasteiger charge is -2.27. The maximum Gasteiger partial charge on any atom is 0.0340 e. The highest BCUT2D eigenvalue weighted by Gasteiger charge is 2.19. The zero-order valence-electron chi connectivity index (χ0n) is 15.1. The first-order chi connectivity index (χ1) is 10.3. The largest absolute Gasteiger partial charge is 0.385 e. The summed E-state index contributed by atoms with van der Waals surface area (Å²) in [6.45, 7) is 20.5. The molecule has 1 N–H and O–H groups in total. The summed E-state index contributed by atoms with van der Waals surface area (Å²) in [7, 11) is 0. The molecule has 0 bridgehead atoms. The zero-order chi connectivity index (χ0) is 16.7. The van der Waals surface area contributed by atoms with E-state index in [-0.39, 0.29) is 0 Å². The van der Waals surface area contributed by atoms with Gasteiger partial charge in [-0.1, -0.05) is 69.7 Å². The van der Waals surface area contributed by atoms with Crippen LogP contribution < -0.4 is 5.32 Å². The first kappa shape index (κ1) is 18.5. The normalized spacial score (nSPS) is 13.7. The Hall–Kier alpha value is -1.50. The number of benzene rings is 1. The van der Waals surface area contributed by atoms with Crippen LogP contribution in [-0.2, 0) is 0 Å². The number of rotatable bonds is 9. The highest BCUT2D eigenvalue weighted by Crippen LogP contribution is 2.28. The van der Waals surface area contributed by atoms with Crippen LogP contribution in [0.1, 0.15) is 51.7 Å². The molecule has 2 atom stereocenters. The predicted octanol–water partition coefficient (Wildman–Crippen LogP) is 5.82. The van der Waals surface area contributed by atoms with Crippen LogP contribution in [0.3, 0.4) is 0 Å². The predicted molar refractivity (Wildman–Crippen MR) is 99.8 cm³/mol. The Balaban J connectivity index is 2.60. The molecule has 1 aromatic rings. The molecule has 0 spiro atoms. The van der Waals surface area contributed by atoms with Crippen molar-refractivity contribution < 1.29 is 0 Å². The Kier molecular flexibility index (Phi) is 7.44. The standard InChI is InChI=1S/C21H33N/c1-8-19(13-21(15(2)3)16(4)5)14-22-18(7)20-11-9-10-17(6)12-20/h9-12,16,19,21-22H,2,7-8,13-14H2,1,3-6H3/t19-,21?/m0/s1. The van der Waals surface area contributed by atoms with E-state index in [4.69, 9.17) is 0 Å². The fraction of sp³-hybridized carbons (Fsp3) is 0.524. The van der Waals surface area contributed by atoms with Crippen molar-refractivity contribution >= 4 is 5.70 Å². The molecule has 0 amide bonds. The molecule has 1 heteroatoms. The van der Waals surface area contributed by atoms with Gasteiger partial charge in [0.1, 0.15) is 0 Å². The molecule has 0 saturated carbocycles. The summed E-state index contributed by atoms with van der Waals surface area (Å²) in [5.74, 6) is 1.93. The Labute approximate surface area is 137 Å². The van der Waals surface area contributed by atoms with Gasteiger partial charge >= 0.3 is 0 Å². The van der Waals surface area contributed by atoms with Gasteiger partial charge in [-0.3, -0.25) is 0 Å². The van der Waals surface area contributed by atoms with Gasteiger partial charge in [0.05, 0.1) is 0 Å². The van der Waals surface area contributed by atoms with Crippen LogP contribution in [0.4, 0.5) is 0 Å². The summed E-state index contributed by atoms with van der Waals surface area (Å²) < 4.78 is 0. The van der Waals surface area contributed by atoms with Gasteiger partial charge in [-0.05, 0) is 49.7 Å². The summed E-state index contributed by atoms with van der Waals surface area (Å²) in [6, 6.07) is 8.51. The molecule has 1 aromatic carbocycles. The highest BCUT2D eigenvalue weighted by atomic mass is 14.9. The van der Waals surface area contributed by atoms with E-state index in [2.05, 4.69) is 77.4 Å². The molecule has 0 aliphatic heterocycles. The summed E-state index contributed by atoms with van der Waals surface area (Å²) in [5.41, 5.74) is 4.80. The van der Waals surface area contributed by atoms with Gasteiger partial charge < -0.3 is 5.32 Å². The maximum atomic E-state index is 4.19. The highest BCUT2D eigenvalue weighted by molar-refractivity contribution is 5.62. The first-order valence-corrected chi connectivity index (χ1v) is 8.50. The van der Waals surface area contributed by atoms with Crippen LogP contribution >= 0.6 is 0 Å². The van der Waals surface area contributed by atoms with Crippen molar-refractivity contribution in [3.8, 4) is 0 Å². The third-order valence-electron chi connectivity index (χ3n) is 4.57. The minimum absolute atomic E-state index is 0.610. The third-order valence-corrected chi connectivity index (χ3v) is 4.57. The smallest absolute Gasteiger partial charge is 0.0340 e. The Morgan fingerprint density at radius 3 is 2.41 bits per heavy atom. The molecule has 1 rings (SSSR count). The number of allylic oxidation sites excluding steroid dienone is 1. The van der Waals surface area contributed by atoms with E-state index in [0.29, 0.717) is 17.8 Å². The van der Waals surface area contributed by atoms with Crippen LogP contribution in [0.2, 0.25) is 0 Å². The number of hydrogen-bond acceptors (Lipinski definition) is 1. The van der Waals surface area contributed by atoms with Crippen LogP contribution in [0, 0.1) is 24.7 Å². The van der Waals surface area contributed by atoms with E-state index in [1.165, 1.54) is 29.5 Å². The molecule has 0 aromatic heterocycles. The Morgan fingerprint density at radius 1 is 1.23 bits per heavy atom. The monoisotopic (exact) mass is 299 g/mol. The topological polar surface area (TPSA) is 12.0 Å². The number of aryl methyl sites for hydroxylation is 1. The van der Waals surface area contributed by atoms with Crippen LogP contribution in [-0.4, -0.2) is 6.54 Å². The summed E-state index contributed by atoms with van der Waals surface area (Å²) >= 11 is 0. The molecule has 0 fully saturated rings. The SMILES string of the molecule is C=C(NC[C@@H](CC)CC(C(=C)C)C(C)C)c1cccc(C)c1. The maximum absolute atomic E-state index is 4.19. The summed E-state index contributed by atoms with van der Waals surface area (Å²) in [4.78, 5) is 0. The Bertz CT molecular complexity index is 498. The van der Waals surface area contributed by atoms with Crippen molar-refractivity contribution in [1.29, 1.82) is 0 Å². The van der Waals surface area contributed by atoms with Gasteiger partial charge in [0.2, 0.25) is 0 Å². The fourth-order valence-corrected chi connectivity index (χ4v) is 3.00. The van der Waals surface area contributed by atoms with E-state index in [0.717, 1.165) is 12.2 Å². The second kappa shape index (κ2) is 8.82. The molecule has 1 unspecified atom stereocenters. The van der Waals surface area contributed by atoms with Gasteiger partial charge in [0.15, 0.2) is 0 Å². The second-order valence-corrected chi connectivity index (χ2v) is 6.94. The van der Waals surface area contributed by atoms with E-state index in [9.17, 15) is 0 Å². The van der Waals surface area contributed by atoms with E-state index in [1.807, 2.05) is 0 Å². The third kappa shape index (κ3) is 5.71. The second-order valence-electron chi connectivity index (χ2n) is 6.94.